The summed E-state index contributed by atoms with van der Waals surface area (Å²) in [6.45, 7) is 3.47. The zero-order valence-electron chi connectivity index (χ0n) is 14.1. The third-order valence-corrected chi connectivity index (χ3v) is 3.48. The molecule has 1 atom stereocenters. The van der Waals surface area contributed by atoms with Crippen molar-refractivity contribution in [1.29, 1.82) is 0 Å². The van der Waals surface area contributed by atoms with Crippen LogP contribution in [0.5, 0.6) is 17.2 Å². The standard InChI is InChI=1S/C18H20FNO4/c1-11-9-16(22-3)17(23-4)10-15(11)20-18(21)12(2)24-14-7-5-13(19)6-8-14/h5-10,12H,1-4H3,(H,20,21)/t12-/m1/s1. The van der Waals surface area contributed by atoms with Crippen molar-refractivity contribution in [3.8, 4) is 17.2 Å². The molecule has 0 bridgehead atoms. The summed E-state index contributed by atoms with van der Waals surface area (Å²) in [5.41, 5.74) is 1.43. The number of amides is 1. The van der Waals surface area contributed by atoms with Crippen LogP contribution in [0.1, 0.15) is 12.5 Å². The summed E-state index contributed by atoms with van der Waals surface area (Å²) in [7, 11) is 3.08. The number of aryl methyl sites for hydroxylation is 1. The number of ether oxygens (including phenoxy) is 3. The lowest BCUT2D eigenvalue weighted by Gasteiger charge is -2.17. The van der Waals surface area contributed by atoms with E-state index in [9.17, 15) is 9.18 Å². The van der Waals surface area contributed by atoms with Gasteiger partial charge in [-0.1, -0.05) is 0 Å². The van der Waals surface area contributed by atoms with Gasteiger partial charge in [0, 0.05) is 11.8 Å². The number of nitrogens with one attached hydrogen (secondary N) is 1. The normalized spacial score (nSPS) is 11.5. The molecule has 0 radical (unpaired) electrons. The molecule has 0 saturated carbocycles. The second kappa shape index (κ2) is 7.68. The van der Waals surface area contributed by atoms with Crippen LogP contribution in [0.3, 0.4) is 0 Å². The maximum absolute atomic E-state index is 12.9. The number of anilines is 1. The Bertz CT molecular complexity index is 716. The molecule has 0 aliphatic rings. The Labute approximate surface area is 140 Å². The molecular weight excluding hydrogens is 313 g/mol. The minimum atomic E-state index is -0.747. The number of carbonyl (C=O) groups excluding carboxylic acids is 1. The molecule has 24 heavy (non-hydrogen) atoms. The summed E-state index contributed by atoms with van der Waals surface area (Å²) >= 11 is 0. The van der Waals surface area contributed by atoms with Gasteiger partial charge in [0.25, 0.3) is 5.91 Å². The first-order chi connectivity index (χ1) is 11.4. The van der Waals surface area contributed by atoms with E-state index >= 15 is 0 Å². The van der Waals surface area contributed by atoms with E-state index in [4.69, 9.17) is 14.2 Å². The summed E-state index contributed by atoms with van der Waals surface area (Å²) in [4.78, 5) is 12.3. The van der Waals surface area contributed by atoms with Gasteiger partial charge in [0.05, 0.1) is 14.2 Å². The second-order valence-electron chi connectivity index (χ2n) is 5.23. The van der Waals surface area contributed by atoms with Gasteiger partial charge >= 0.3 is 0 Å². The van der Waals surface area contributed by atoms with Gasteiger partial charge in [-0.3, -0.25) is 4.79 Å². The lowest BCUT2D eigenvalue weighted by molar-refractivity contribution is -0.122. The van der Waals surface area contributed by atoms with Crippen LogP contribution >= 0.6 is 0 Å². The third-order valence-electron chi connectivity index (χ3n) is 3.48. The Kier molecular flexibility index (Phi) is 5.63. The van der Waals surface area contributed by atoms with E-state index in [1.165, 1.54) is 31.4 Å². The van der Waals surface area contributed by atoms with Gasteiger partial charge in [-0.2, -0.15) is 0 Å². The number of carbonyl (C=O) groups is 1. The second-order valence-corrected chi connectivity index (χ2v) is 5.23. The predicted octanol–water partition coefficient (Wildman–Crippen LogP) is 3.56. The lowest BCUT2D eigenvalue weighted by atomic mass is 10.1. The smallest absolute Gasteiger partial charge is 0.265 e. The molecule has 0 spiro atoms. The molecule has 0 aromatic heterocycles. The molecule has 0 saturated heterocycles. The quantitative estimate of drug-likeness (QED) is 0.878. The van der Waals surface area contributed by atoms with Gasteiger partial charge < -0.3 is 19.5 Å². The van der Waals surface area contributed by atoms with Gasteiger partial charge in [0.1, 0.15) is 11.6 Å². The largest absolute Gasteiger partial charge is 0.493 e. The Morgan fingerprint density at radius 1 is 1.08 bits per heavy atom. The molecule has 5 nitrogen and oxygen atoms in total. The molecule has 0 aliphatic carbocycles. The molecular formula is C18H20FNO4. The molecule has 1 amide bonds. The zero-order valence-corrected chi connectivity index (χ0v) is 14.1. The monoisotopic (exact) mass is 333 g/mol. The Morgan fingerprint density at radius 2 is 1.67 bits per heavy atom. The van der Waals surface area contributed by atoms with Crippen LogP contribution in [0.4, 0.5) is 10.1 Å². The van der Waals surface area contributed by atoms with Gasteiger partial charge in [0.15, 0.2) is 17.6 Å². The highest BCUT2D eigenvalue weighted by Crippen LogP contribution is 2.33. The Balaban J connectivity index is 2.09. The number of rotatable bonds is 6. The van der Waals surface area contributed by atoms with E-state index in [1.807, 2.05) is 6.92 Å². The van der Waals surface area contributed by atoms with E-state index in [1.54, 1.807) is 26.2 Å². The molecule has 0 fully saturated rings. The average Bonchev–Trinajstić information content (AvgIpc) is 2.58. The number of benzene rings is 2. The van der Waals surface area contributed by atoms with Gasteiger partial charge in [-0.15, -0.1) is 0 Å². The van der Waals surface area contributed by atoms with E-state index in [2.05, 4.69) is 5.32 Å². The highest BCUT2D eigenvalue weighted by atomic mass is 19.1. The molecule has 6 heteroatoms. The van der Waals surface area contributed by atoms with E-state index in [-0.39, 0.29) is 11.7 Å². The van der Waals surface area contributed by atoms with Crippen LogP contribution in [0.15, 0.2) is 36.4 Å². The molecule has 1 N–H and O–H groups in total. The maximum Gasteiger partial charge on any atom is 0.265 e. The number of methoxy groups -OCH3 is 2. The van der Waals surface area contributed by atoms with Crippen molar-refractivity contribution in [1.82, 2.24) is 0 Å². The van der Waals surface area contributed by atoms with Crippen molar-refractivity contribution in [3.63, 3.8) is 0 Å². The van der Waals surface area contributed by atoms with Crippen LogP contribution in [0.25, 0.3) is 0 Å². The van der Waals surface area contributed by atoms with Gasteiger partial charge in [0.2, 0.25) is 0 Å². The van der Waals surface area contributed by atoms with Gasteiger partial charge in [-0.05, 0) is 49.7 Å². The fourth-order valence-electron chi connectivity index (χ4n) is 2.12. The first-order valence-electron chi connectivity index (χ1n) is 7.40. The van der Waals surface area contributed by atoms with Crippen molar-refractivity contribution >= 4 is 11.6 Å². The summed E-state index contributed by atoms with van der Waals surface area (Å²) in [6.07, 6.45) is -0.747. The molecule has 128 valence electrons. The minimum absolute atomic E-state index is 0.324. The molecule has 2 rings (SSSR count). The van der Waals surface area contributed by atoms with Crippen LogP contribution in [0.2, 0.25) is 0 Å². The highest BCUT2D eigenvalue weighted by Gasteiger charge is 2.17. The van der Waals surface area contributed by atoms with Crippen LogP contribution in [0, 0.1) is 12.7 Å². The topological polar surface area (TPSA) is 56.8 Å². The number of halogens is 1. The van der Waals surface area contributed by atoms with Crippen molar-refractivity contribution < 1.29 is 23.4 Å². The Hall–Kier alpha value is -2.76. The summed E-state index contributed by atoms with van der Waals surface area (Å²) < 4.78 is 28.9. The lowest BCUT2D eigenvalue weighted by Crippen LogP contribution is -2.30. The van der Waals surface area contributed by atoms with Crippen LogP contribution in [-0.2, 0) is 4.79 Å². The van der Waals surface area contributed by atoms with Crippen LogP contribution < -0.4 is 19.5 Å². The average molecular weight is 333 g/mol. The van der Waals surface area contributed by atoms with Crippen molar-refractivity contribution in [3.05, 3.63) is 47.8 Å². The fourth-order valence-corrected chi connectivity index (χ4v) is 2.12. The van der Waals surface area contributed by atoms with Crippen LogP contribution in [-0.4, -0.2) is 26.2 Å². The first kappa shape index (κ1) is 17.6. The number of hydrogen-bond donors (Lipinski definition) is 1. The molecule has 2 aromatic carbocycles. The third kappa shape index (κ3) is 4.16. The summed E-state index contributed by atoms with van der Waals surface area (Å²) in [5.74, 6) is 0.840. The SMILES string of the molecule is COc1cc(C)c(NC(=O)[C@@H](C)Oc2ccc(F)cc2)cc1OC. The maximum atomic E-state index is 12.9. The minimum Gasteiger partial charge on any atom is -0.493 e. The number of hydrogen-bond acceptors (Lipinski definition) is 4. The molecule has 0 aliphatic heterocycles. The molecule has 0 heterocycles. The molecule has 0 unspecified atom stereocenters. The Morgan fingerprint density at radius 3 is 2.25 bits per heavy atom. The molecule has 2 aromatic rings. The van der Waals surface area contributed by atoms with E-state index < -0.39 is 6.10 Å². The van der Waals surface area contributed by atoms with Gasteiger partial charge in [-0.25, -0.2) is 4.39 Å². The fraction of sp³-hybridized carbons (Fsp3) is 0.278. The summed E-state index contributed by atoms with van der Waals surface area (Å²) in [6, 6.07) is 8.97. The van der Waals surface area contributed by atoms with E-state index in [0.717, 1.165) is 5.56 Å². The highest BCUT2D eigenvalue weighted by molar-refractivity contribution is 5.95. The zero-order chi connectivity index (χ0) is 17.7. The predicted molar refractivity (Wildman–Crippen MR) is 89.4 cm³/mol. The van der Waals surface area contributed by atoms with Crippen molar-refractivity contribution in [2.75, 3.05) is 19.5 Å². The summed E-state index contributed by atoms with van der Waals surface area (Å²) in [5, 5.41) is 2.79. The van der Waals surface area contributed by atoms with E-state index in [0.29, 0.717) is 22.9 Å². The first-order valence-corrected chi connectivity index (χ1v) is 7.40. The van der Waals surface area contributed by atoms with Crippen molar-refractivity contribution in [2.24, 2.45) is 0 Å². The van der Waals surface area contributed by atoms with Crippen molar-refractivity contribution in [2.45, 2.75) is 20.0 Å².